The largest absolute Gasteiger partial charge is 0.490 e. The van der Waals surface area contributed by atoms with E-state index >= 15 is 0 Å². The predicted octanol–water partition coefficient (Wildman–Crippen LogP) is 1.57. The molecule has 1 aromatic heterocycles. The van der Waals surface area contributed by atoms with Gasteiger partial charge in [-0.25, -0.2) is 4.98 Å². The fourth-order valence-corrected chi connectivity index (χ4v) is 2.93. The third-order valence-electron chi connectivity index (χ3n) is 4.37. The van der Waals surface area contributed by atoms with Crippen LogP contribution in [0.2, 0.25) is 0 Å². The molecule has 0 radical (unpaired) electrons. The maximum Gasteiger partial charge on any atom is 0.258 e. The molecule has 7 nitrogen and oxygen atoms in total. The van der Waals surface area contributed by atoms with Crippen molar-refractivity contribution in [2.45, 2.75) is 25.0 Å². The molecule has 0 bridgehead atoms. The smallest absolute Gasteiger partial charge is 0.258 e. The molecule has 1 amide bonds. The van der Waals surface area contributed by atoms with E-state index in [1.165, 1.54) is 6.33 Å². The second kappa shape index (κ2) is 6.24. The van der Waals surface area contributed by atoms with Crippen LogP contribution < -0.4 is 4.74 Å². The highest BCUT2D eigenvalue weighted by Gasteiger charge is 2.34. The molecular formula is C17H20N4O3. The Hall–Kier alpha value is -2.41. The standard InChI is InChI=1S/C17H20N4O3/c1-20-16(18-11-19-20)14-10-23-9-8-21(14)17(22)13-4-2-3-5-15(13)24-12-6-7-12/h2-5,11-12,14H,6-10H2,1H3/t14-/m0/s1. The lowest BCUT2D eigenvalue weighted by Crippen LogP contribution is -2.44. The Morgan fingerprint density at radius 1 is 1.33 bits per heavy atom. The second-order valence-corrected chi connectivity index (χ2v) is 6.14. The molecule has 1 atom stereocenters. The number of aromatic nitrogens is 3. The van der Waals surface area contributed by atoms with Gasteiger partial charge in [-0.3, -0.25) is 9.48 Å². The van der Waals surface area contributed by atoms with E-state index in [-0.39, 0.29) is 18.1 Å². The topological polar surface area (TPSA) is 69.5 Å². The van der Waals surface area contributed by atoms with Crippen molar-refractivity contribution in [1.82, 2.24) is 19.7 Å². The van der Waals surface area contributed by atoms with Crippen LogP contribution in [0.5, 0.6) is 5.75 Å². The molecule has 1 aliphatic carbocycles. The zero-order valence-electron chi connectivity index (χ0n) is 13.6. The SMILES string of the molecule is Cn1ncnc1[C@@H]1COCCN1C(=O)c1ccccc1OC1CC1. The van der Waals surface area contributed by atoms with Gasteiger partial charge in [-0.15, -0.1) is 0 Å². The van der Waals surface area contributed by atoms with Crippen LogP contribution in [-0.4, -0.2) is 51.4 Å². The molecule has 2 heterocycles. The molecule has 1 saturated carbocycles. The van der Waals surface area contributed by atoms with Gasteiger partial charge in [-0.05, 0) is 25.0 Å². The van der Waals surface area contributed by atoms with Crippen LogP contribution >= 0.6 is 0 Å². The Morgan fingerprint density at radius 3 is 2.92 bits per heavy atom. The van der Waals surface area contributed by atoms with Gasteiger partial charge >= 0.3 is 0 Å². The molecule has 2 aliphatic rings. The Kier molecular flexibility index (Phi) is 3.93. The number of para-hydroxylation sites is 1. The molecule has 7 heteroatoms. The lowest BCUT2D eigenvalue weighted by Gasteiger charge is -2.35. The molecule has 0 spiro atoms. The van der Waals surface area contributed by atoms with Gasteiger partial charge in [-0.1, -0.05) is 12.1 Å². The molecule has 0 N–H and O–H groups in total. The van der Waals surface area contributed by atoms with Crippen LogP contribution in [-0.2, 0) is 11.8 Å². The van der Waals surface area contributed by atoms with Crippen molar-refractivity contribution in [3.63, 3.8) is 0 Å². The Morgan fingerprint density at radius 2 is 2.17 bits per heavy atom. The third kappa shape index (κ3) is 2.87. The number of morpholine rings is 1. The highest BCUT2D eigenvalue weighted by atomic mass is 16.5. The normalized spacial score (nSPS) is 20.9. The zero-order valence-corrected chi connectivity index (χ0v) is 13.6. The number of amides is 1. The van der Waals surface area contributed by atoms with Crippen LogP contribution in [0, 0.1) is 0 Å². The van der Waals surface area contributed by atoms with Crippen molar-refractivity contribution in [3.8, 4) is 5.75 Å². The van der Waals surface area contributed by atoms with Gasteiger partial charge in [0.25, 0.3) is 5.91 Å². The molecule has 2 fully saturated rings. The van der Waals surface area contributed by atoms with Crippen LogP contribution in [0.25, 0.3) is 0 Å². The second-order valence-electron chi connectivity index (χ2n) is 6.14. The number of aryl methyl sites for hydroxylation is 1. The van der Waals surface area contributed by atoms with E-state index in [4.69, 9.17) is 9.47 Å². The highest BCUT2D eigenvalue weighted by Crippen LogP contribution is 2.31. The summed E-state index contributed by atoms with van der Waals surface area (Å²) in [5, 5.41) is 4.11. The first kappa shape index (κ1) is 15.1. The van der Waals surface area contributed by atoms with Crippen molar-refractivity contribution >= 4 is 5.91 Å². The zero-order chi connectivity index (χ0) is 16.5. The van der Waals surface area contributed by atoms with E-state index in [9.17, 15) is 4.79 Å². The first-order valence-corrected chi connectivity index (χ1v) is 8.22. The minimum Gasteiger partial charge on any atom is -0.490 e. The lowest BCUT2D eigenvalue weighted by molar-refractivity contribution is -0.00637. The van der Waals surface area contributed by atoms with Crippen molar-refractivity contribution < 1.29 is 14.3 Å². The van der Waals surface area contributed by atoms with Gasteiger partial charge in [0.15, 0.2) is 5.82 Å². The van der Waals surface area contributed by atoms with Crippen molar-refractivity contribution in [2.75, 3.05) is 19.8 Å². The number of ether oxygens (including phenoxy) is 2. The summed E-state index contributed by atoms with van der Waals surface area (Å²) in [4.78, 5) is 19.3. The van der Waals surface area contributed by atoms with Crippen LogP contribution in [0.4, 0.5) is 0 Å². The predicted molar refractivity (Wildman–Crippen MR) is 85.7 cm³/mol. The molecule has 0 unspecified atom stereocenters. The number of carbonyl (C=O) groups is 1. The highest BCUT2D eigenvalue weighted by molar-refractivity contribution is 5.97. The molecule has 24 heavy (non-hydrogen) atoms. The van der Waals surface area contributed by atoms with E-state index in [1.54, 1.807) is 4.68 Å². The number of nitrogens with zero attached hydrogens (tertiary/aromatic N) is 4. The average Bonchev–Trinajstić information content (AvgIpc) is 3.33. The molecule has 1 aromatic carbocycles. The van der Waals surface area contributed by atoms with E-state index in [1.807, 2.05) is 36.2 Å². The average molecular weight is 328 g/mol. The van der Waals surface area contributed by atoms with E-state index in [0.717, 1.165) is 18.7 Å². The summed E-state index contributed by atoms with van der Waals surface area (Å²) in [6.45, 7) is 1.46. The monoisotopic (exact) mass is 328 g/mol. The van der Waals surface area contributed by atoms with E-state index in [0.29, 0.717) is 31.1 Å². The minimum absolute atomic E-state index is 0.0532. The van der Waals surface area contributed by atoms with Gasteiger partial charge in [0.1, 0.15) is 18.1 Å². The summed E-state index contributed by atoms with van der Waals surface area (Å²) in [7, 11) is 1.82. The minimum atomic E-state index is -0.243. The first-order valence-electron chi connectivity index (χ1n) is 8.22. The molecule has 1 aliphatic heterocycles. The number of carbonyl (C=O) groups excluding carboxylic acids is 1. The van der Waals surface area contributed by atoms with Gasteiger partial charge in [0.05, 0.1) is 24.9 Å². The fraction of sp³-hybridized carbons (Fsp3) is 0.471. The molecule has 2 aromatic rings. The summed E-state index contributed by atoms with van der Waals surface area (Å²) in [5.41, 5.74) is 0.596. The maximum absolute atomic E-state index is 13.2. The maximum atomic E-state index is 13.2. The third-order valence-corrected chi connectivity index (χ3v) is 4.37. The molecule has 4 rings (SSSR count). The number of hydrogen-bond acceptors (Lipinski definition) is 5. The van der Waals surface area contributed by atoms with Gasteiger partial charge in [0.2, 0.25) is 0 Å². The van der Waals surface area contributed by atoms with Crippen molar-refractivity contribution in [1.29, 1.82) is 0 Å². The summed E-state index contributed by atoms with van der Waals surface area (Å²) < 4.78 is 13.2. The Bertz CT molecular complexity index is 741. The molecule has 126 valence electrons. The Labute approximate surface area is 140 Å². The van der Waals surface area contributed by atoms with Crippen LogP contribution in [0.3, 0.4) is 0 Å². The molecular weight excluding hydrogens is 308 g/mol. The van der Waals surface area contributed by atoms with Crippen molar-refractivity contribution in [2.24, 2.45) is 7.05 Å². The van der Waals surface area contributed by atoms with Crippen LogP contribution in [0.15, 0.2) is 30.6 Å². The summed E-state index contributed by atoms with van der Waals surface area (Å²) in [6.07, 6.45) is 3.86. The number of rotatable bonds is 4. The lowest BCUT2D eigenvalue weighted by atomic mass is 10.1. The van der Waals surface area contributed by atoms with Gasteiger partial charge in [0, 0.05) is 13.6 Å². The van der Waals surface area contributed by atoms with Crippen LogP contribution in [0.1, 0.15) is 35.1 Å². The van der Waals surface area contributed by atoms with E-state index < -0.39 is 0 Å². The summed E-state index contributed by atoms with van der Waals surface area (Å²) in [5.74, 6) is 1.33. The quantitative estimate of drug-likeness (QED) is 0.852. The van der Waals surface area contributed by atoms with Crippen molar-refractivity contribution in [3.05, 3.63) is 42.0 Å². The van der Waals surface area contributed by atoms with Gasteiger partial charge in [-0.2, -0.15) is 5.10 Å². The van der Waals surface area contributed by atoms with E-state index in [2.05, 4.69) is 10.1 Å². The summed E-state index contributed by atoms with van der Waals surface area (Å²) in [6, 6.07) is 7.21. The molecule has 1 saturated heterocycles. The Balaban J connectivity index is 1.63. The van der Waals surface area contributed by atoms with Gasteiger partial charge < -0.3 is 14.4 Å². The number of hydrogen-bond donors (Lipinski definition) is 0. The fourth-order valence-electron chi connectivity index (χ4n) is 2.93. The summed E-state index contributed by atoms with van der Waals surface area (Å²) >= 11 is 0. The first-order chi connectivity index (χ1) is 11.7. The number of benzene rings is 1.